The number of ether oxygens (including phenoxy) is 1. The highest BCUT2D eigenvalue weighted by Gasteiger charge is 2.26. The fourth-order valence-corrected chi connectivity index (χ4v) is 4.19. The Labute approximate surface area is 163 Å². The van der Waals surface area contributed by atoms with Crippen LogP contribution in [0.1, 0.15) is 39.5 Å². The first-order chi connectivity index (χ1) is 12.7. The monoisotopic (exact) mass is 408 g/mol. The number of fused-ring (bicyclic) bond motifs is 1. The predicted octanol–water partition coefficient (Wildman–Crippen LogP) is 3.12. The number of carbonyl (C=O) groups excluding carboxylic acids is 1. The van der Waals surface area contributed by atoms with E-state index in [2.05, 4.69) is 10.0 Å². The van der Waals surface area contributed by atoms with Crippen LogP contribution in [-0.4, -0.2) is 28.0 Å². The number of sulfonamides is 1. The standard InChI is InChI=1S/C19H21ClN2O4S/c1-11-8-12(2)18-15(9-11)17(6-7-26-18)22-19(23)14-10-13(4-5-16(14)20)27(24,25)21-3/h4-5,8-10,17,21H,6-7H2,1-3H3,(H,22,23). The summed E-state index contributed by atoms with van der Waals surface area (Å²) in [5.41, 5.74) is 3.13. The Morgan fingerprint density at radius 3 is 2.67 bits per heavy atom. The first-order valence-electron chi connectivity index (χ1n) is 8.51. The van der Waals surface area contributed by atoms with Crippen LogP contribution in [0.4, 0.5) is 0 Å². The lowest BCUT2D eigenvalue weighted by Crippen LogP contribution is -2.33. The minimum Gasteiger partial charge on any atom is -0.493 e. The summed E-state index contributed by atoms with van der Waals surface area (Å²) >= 11 is 6.15. The summed E-state index contributed by atoms with van der Waals surface area (Å²) in [5, 5.41) is 3.15. The van der Waals surface area contributed by atoms with Crippen LogP contribution in [0.15, 0.2) is 35.2 Å². The summed E-state index contributed by atoms with van der Waals surface area (Å²) in [6.45, 7) is 4.45. The van der Waals surface area contributed by atoms with Crippen molar-refractivity contribution in [3.8, 4) is 5.75 Å². The molecule has 0 saturated carbocycles. The van der Waals surface area contributed by atoms with Crippen LogP contribution < -0.4 is 14.8 Å². The maximum absolute atomic E-state index is 12.8. The summed E-state index contributed by atoms with van der Waals surface area (Å²) in [6, 6.07) is 7.85. The van der Waals surface area contributed by atoms with Crippen molar-refractivity contribution in [3.05, 3.63) is 57.6 Å². The van der Waals surface area contributed by atoms with Crippen LogP contribution in [0.2, 0.25) is 5.02 Å². The third-order valence-electron chi connectivity index (χ3n) is 4.54. The van der Waals surface area contributed by atoms with Crippen LogP contribution in [0.5, 0.6) is 5.75 Å². The fourth-order valence-electron chi connectivity index (χ4n) is 3.23. The van der Waals surface area contributed by atoms with Crippen molar-refractivity contribution in [1.29, 1.82) is 0 Å². The molecule has 1 unspecified atom stereocenters. The van der Waals surface area contributed by atoms with Gasteiger partial charge in [0, 0.05) is 12.0 Å². The highest BCUT2D eigenvalue weighted by Crippen LogP contribution is 2.36. The van der Waals surface area contributed by atoms with Gasteiger partial charge in [-0.25, -0.2) is 13.1 Å². The molecule has 27 heavy (non-hydrogen) atoms. The quantitative estimate of drug-likeness (QED) is 0.814. The Bertz CT molecular complexity index is 1010. The van der Waals surface area contributed by atoms with E-state index in [0.29, 0.717) is 13.0 Å². The van der Waals surface area contributed by atoms with Gasteiger partial charge in [-0.05, 0) is 44.7 Å². The second-order valence-corrected chi connectivity index (χ2v) is 8.81. The molecular weight excluding hydrogens is 388 g/mol. The zero-order valence-corrected chi connectivity index (χ0v) is 16.9. The molecule has 2 N–H and O–H groups in total. The van der Waals surface area contributed by atoms with Crippen LogP contribution in [0.3, 0.4) is 0 Å². The maximum Gasteiger partial charge on any atom is 0.253 e. The van der Waals surface area contributed by atoms with Gasteiger partial charge in [-0.2, -0.15) is 0 Å². The lowest BCUT2D eigenvalue weighted by Gasteiger charge is -2.28. The number of hydrogen-bond acceptors (Lipinski definition) is 4. The molecule has 0 fully saturated rings. The number of nitrogens with one attached hydrogen (secondary N) is 2. The summed E-state index contributed by atoms with van der Waals surface area (Å²) in [7, 11) is -2.36. The second-order valence-electron chi connectivity index (χ2n) is 6.51. The highest BCUT2D eigenvalue weighted by atomic mass is 35.5. The molecule has 1 amide bonds. The van der Waals surface area contributed by atoms with Crippen molar-refractivity contribution < 1.29 is 17.9 Å². The molecule has 0 bridgehead atoms. The zero-order chi connectivity index (χ0) is 19.8. The van der Waals surface area contributed by atoms with E-state index in [1.165, 1.54) is 25.2 Å². The van der Waals surface area contributed by atoms with Gasteiger partial charge in [0.25, 0.3) is 5.91 Å². The molecule has 0 saturated heterocycles. The van der Waals surface area contributed by atoms with E-state index in [1.807, 2.05) is 26.0 Å². The average molecular weight is 409 g/mol. The zero-order valence-electron chi connectivity index (χ0n) is 15.3. The van der Waals surface area contributed by atoms with Crippen molar-refractivity contribution in [2.75, 3.05) is 13.7 Å². The maximum atomic E-state index is 12.8. The normalized spacial score (nSPS) is 16.4. The van der Waals surface area contributed by atoms with Gasteiger partial charge in [0.05, 0.1) is 28.1 Å². The summed E-state index contributed by atoms with van der Waals surface area (Å²) in [4.78, 5) is 12.8. The molecule has 1 atom stereocenters. The van der Waals surface area contributed by atoms with E-state index < -0.39 is 15.9 Å². The van der Waals surface area contributed by atoms with E-state index in [0.717, 1.165) is 22.4 Å². The molecule has 1 aliphatic heterocycles. The van der Waals surface area contributed by atoms with Gasteiger partial charge in [0.2, 0.25) is 10.0 Å². The van der Waals surface area contributed by atoms with Crippen molar-refractivity contribution in [2.45, 2.75) is 31.2 Å². The molecule has 1 aliphatic rings. The SMILES string of the molecule is CNS(=O)(=O)c1ccc(Cl)c(C(=O)NC2CCOc3c(C)cc(C)cc32)c1. The number of carbonyl (C=O) groups is 1. The predicted molar refractivity (Wildman–Crippen MR) is 104 cm³/mol. The minimum absolute atomic E-state index is 0.0152. The van der Waals surface area contributed by atoms with Crippen LogP contribution in [0.25, 0.3) is 0 Å². The van der Waals surface area contributed by atoms with E-state index in [4.69, 9.17) is 16.3 Å². The van der Waals surface area contributed by atoms with Gasteiger partial charge in [0.15, 0.2) is 0 Å². The molecule has 0 aromatic heterocycles. The Morgan fingerprint density at radius 2 is 1.96 bits per heavy atom. The Morgan fingerprint density at radius 1 is 1.22 bits per heavy atom. The smallest absolute Gasteiger partial charge is 0.253 e. The first kappa shape index (κ1) is 19.7. The Hall–Kier alpha value is -2.09. The number of halogens is 1. The van der Waals surface area contributed by atoms with Gasteiger partial charge in [-0.1, -0.05) is 29.3 Å². The third-order valence-corrected chi connectivity index (χ3v) is 6.28. The molecule has 144 valence electrons. The van der Waals surface area contributed by atoms with Crippen LogP contribution in [0, 0.1) is 13.8 Å². The van der Waals surface area contributed by atoms with E-state index in [1.54, 1.807) is 0 Å². The van der Waals surface area contributed by atoms with Gasteiger partial charge in [-0.15, -0.1) is 0 Å². The summed E-state index contributed by atoms with van der Waals surface area (Å²) in [5.74, 6) is 0.361. The van der Waals surface area contributed by atoms with Crippen molar-refractivity contribution in [1.82, 2.24) is 10.0 Å². The number of aryl methyl sites for hydroxylation is 2. The Kier molecular flexibility index (Phi) is 5.46. The fraction of sp³-hybridized carbons (Fsp3) is 0.316. The average Bonchev–Trinajstić information content (AvgIpc) is 2.62. The second kappa shape index (κ2) is 7.50. The summed E-state index contributed by atoms with van der Waals surface area (Å²) in [6.07, 6.45) is 0.619. The lowest BCUT2D eigenvalue weighted by atomic mass is 9.95. The van der Waals surface area contributed by atoms with Gasteiger partial charge in [-0.3, -0.25) is 4.79 Å². The molecule has 0 aliphatic carbocycles. The topological polar surface area (TPSA) is 84.5 Å². The molecule has 0 spiro atoms. The van der Waals surface area contributed by atoms with Gasteiger partial charge < -0.3 is 10.1 Å². The van der Waals surface area contributed by atoms with E-state index in [-0.39, 0.29) is 21.5 Å². The Balaban J connectivity index is 1.93. The number of benzene rings is 2. The van der Waals surface area contributed by atoms with Gasteiger partial charge in [0.1, 0.15) is 5.75 Å². The molecule has 0 radical (unpaired) electrons. The van der Waals surface area contributed by atoms with Gasteiger partial charge >= 0.3 is 0 Å². The molecule has 6 nitrogen and oxygen atoms in total. The largest absolute Gasteiger partial charge is 0.493 e. The minimum atomic E-state index is -3.67. The van der Waals surface area contributed by atoms with Crippen LogP contribution in [-0.2, 0) is 10.0 Å². The van der Waals surface area contributed by atoms with Crippen molar-refractivity contribution >= 4 is 27.5 Å². The highest BCUT2D eigenvalue weighted by molar-refractivity contribution is 7.89. The molecule has 3 rings (SSSR count). The van der Waals surface area contributed by atoms with Crippen molar-refractivity contribution in [3.63, 3.8) is 0 Å². The van der Waals surface area contributed by atoms with Crippen LogP contribution >= 0.6 is 11.6 Å². The van der Waals surface area contributed by atoms with E-state index in [9.17, 15) is 13.2 Å². The molecule has 2 aromatic rings. The lowest BCUT2D eigenvalue weighted by molar-refractivity contribution is 0.0924. The number of hydrogen-bond donors (Lipinski definition) is 2. The molecular formula is C19H21ClN2O4S. The third kappa shape index (κ3) is 3.95. The molecule has 1 heterocycles. The summed E-state index contributed by atoms with van der Waals surface area (Å²) < 4.78 is 32.0. The van der Waals surface area contributed by atoms with Crippen molar-refractivity contribution in [2.24, 2.45) is 0 Å². The first-order valence-corrected chi connectivity index (χ1v) is 10.4. The number of rotatable bonds is 4. The molecule has 2 aromatic carbocycles. The molecule has 8 heteroatoms. The number of amides is 1. The van der Waals surface area contributed by atoms with E-state index >= 15 is 0 Å².